The van der Waals surface area contributed by atoms with E-state index >= 15 is 0 Å². The zero-order valence-electron chi connectivity index (χ0n) is 13.0. The van der Waals surface area contributed by atoms with Crippen molar-refractivity contribution in [2.75, 3.05) is 24.5 Å². The summed E-state index contributed by atoms with van der Waals surface area (Å²) < 4.78 is 0. The van der Waals surface area contributed by atoms with Crippen molar-refractivity contribution in [1.82, 2.24) is 10.3 Å². The summed E-state index contributed by atoms with van der Waals surface area (Å²) in [6.07, 6.45) is 3.95. The number of hydrogen-bond donors (Lipinski definition) is 1. The minimum atomic E-state index is -0.331. The Bertz CT molecular complexity index is 498. The van der Waals surface area contributed by atoms with Crippen molar-refractivity contribution in [3.8, 4) is 0 Å². The fourth-order valence-electron chi connectivity index (χ4n) is 2.75. The van der Waals surface area contributed by atoms with Gasteiger partial charge in [-0.05, 0) is 32.2 Å². The summed E-state index contributed by atoms with van der Waals surface area (Å²) in [5.74, 6) is 1.18. The Balaban J connectivity index is 2.22. The molecule has 0 aromatic carbocycles. The van der Waals surface area contributed by atoms with Gasteiger partial charge < -0.3 is 10.2 Å². The molecule has 2 heterocycles. The average molecular weight is 292 g/mol. The van der Waals surface area contributed by atoms with Gasteiger partial charge in [0, 0.05) is 30.9 Å². The van der Waals surface area contributed by atoms with Crippen LogP contribution >= 0.6 is 0 Å². The lowest BCUT2D eigenvalue weighted by atomic mass is 10.1. The monoisotopic (exact) mass is 292 g/mol. The highest BCUT2D eigenvalue weighted by Crippen LogP contribution is 2.24. The molecule has 0 spiro atoms. The van der Waals surface area contributed by atoms with Gasteiger partial charge in [-0.15, -0.1) is 0 Å². The number of aromatic nitrogens is 1. The first-order chi connectivity index (χ1) is 9.97. The smallest absolute Gasteiger partial charge is 0.277 e. The molecule has 1 aromatic heterocycles. The maximum absolute atomic E-state index is 11.1. The van der Waals surface area contributed by atoms with Crippen LogP contribution in [0.15, 0.2) is 12.3 Å². The zero-order valence-corrected chi connectivity index (χ0v) is 13.0. The van der Waals surface area contributed by atoms with Crippen molar-refractivity contribution in [3.63, 3.8) is 0 Å². The lowest BCUT2D eigenvalue weighted by molar-refractivity contribution is -0.385. The Hall–Kier alpha value is -1.69. The van der Waals surface area contributed by atoms with Crippen LogP contribution in [0.1, 0.15) is 32.3 Å². The molecule has 0 aliphatic carbocycles. The summed E-state index contributed by atoms with van der Waals surface area (Å²) in [7, 11) is 0. The molecular formula is C15H24N4O2. The van der Waals surface area contributed by atoms with Crippen LogP contribution in [0.25, 0.3) is 0 Å². The van der Waals surface area contributed by atoms with E-state index in [9.17, 15) is 10.1 Å². The summed E-state index contributed by atoms with van der Waals surface area (Å²) >= 11 is 0. The van der Waals surface area contributed by atoms with Crippen LogP contribution < -0.4 is 10.2 Å². The lowest BCUT2D eigenvalue weighted by Crippen LogP contribution is -2.39. The summed E-state index contributed by atoms with van der Waals surface area (Å²) in [6.45, 7) is 8.79. The zero-order chi connectivity index (χ0) is 15.4. The summed E-state index contributed by atoms with van der Waals surface area (Å²) in [6, 6.07) is 2.05. The third-order valence-corrected chi connectivity index (χ3v) is 3.77. The van der Waals surface area contributed by atoms with Gasteiger partial charge in [0.05, 0.1) is 11.0 Å². The van der Waals surface area contributed by atoms with Crippen LogP contribution in [0.3, 0.4) is 0 Å². The number of aryl methyl sites for hydroxylation is 1. The first-order valence-corrected chi connectivity index (χ1v) is 7.56. The van der Waals surface area contributed by atoms with E-state index in [0.717, 1.165) is 26.1 Å². The van der Waals surface area contributed by atoms with Gasteiger partial charge in [-0.25, -0.2) is 4.98 Å². The van der Waals surface area contributed by atoms with Crippen molar-refractivity contribution in [3.05, 3.63) is 27.9 Å². The van der Waals surface area contributed by atoms with Gasteiger partial charge in [-0.1, -0.05) is 13.8 Å². The Morgan fingerprint density at radius 1 is 1.57 bits per heavy atom. The number of rotatable bonds is 6. The van der Waals surface area contributed by atoms with Crippen molar-refractivity contribution in [1.29, 1.82) is 0 Å². The topological polar surface area (TPSA) is 71.3 Å². The Labute approximate surface area is 125 Å². The molecule has 1 saturated heterocycles. The molecule has 1 aromatic rings. The van der Waals surface area contributed by atoms with Crippen molar-refractivity contribution < 1.29 is 4.92 Å². The minimum Gasteiger partial charge on any atom is -0.355 e. The molecule has 0 amide bonds. The molecular weight excluding hydrogens is 268 g/mol. The number of anilines is 1. The van der Waals surface area contributed by atoms with Gasteiger partial charge in [0.2, 0.25) is 0 Å². The van der Waals surface area contributed by atoms with Crippen molar-refractivity contribution in [2.45, 2.75) is 39.7 Å². The summed E-state index contributed by atoms with van der Waals surface area (Å²) in [5.41, 5.74) is 0.750. The highest BCUT2D eigenvalue weighted by Gasteiger charge is 2.21. The first-order valence-electron chi connectivity index (χ1n) is 7.56. The summed E-state index contributed by atoms with van der Waals surface area (Å²) in [5, 5.41) is 14.6. The normalized spacial score (nSPS) is 18.2. The van der Waals surface area contributed by atoms with Crippen LogP contribution in [0.2, 0.25) is 0 Å². The van der Waals surface area contributed by atoms with Crippen LogP contribution in [0, 0.1) is 23.0 Å². The SMILES string of the molecule is Cc1cnc(N(CC(C)C)CC2CCCN2)cc1[N+](=O)[O-]. The van der Waals surface area contributed by atoms with Gasteiger partial charge in [-0.3, -0.25) is 10.1 Å². The quantitative estimate of drug-likeness (QED) is 0.644. The van der Waals surface area contributed by atoms with Crippen LogP contribution in [-0.2, 0) is 0 Å². The van der Waals surface area contributed by atoms with Gasteiger partial charge in [0.15, 0.2) is 0 Å². The minimum absolute atomic E-state index is 0.146. The number of nitro groups is 1. The standard InChI is InChI=1S/C15H24N4O2/c1-11(2)9-18(10-13-5-4-6-16-13)15-7-14(19(20)21)12(3)8-17-15/h7-8,11,13,16H,4-6,9-10H2,1-3H3. The largest absolute Gasteiger partial charge is 0.355 e. The maximum Gasteiger partial charge on any atom is 0.277 e. The molecule has 1 fully saturated rings. The molecule has 1 aliphatic heterocycles. The molecule has 21 heavy (non-hydrogen) atoms. The van der Waals surface area contributed by atoms with E-state index in [-0.39, 0.29) is 10.6 Å². The van der Waals surface area contributed by atoms with E-state index in [0.29, 0.717) is 23.3 Å². The van der Waals surface area contributed by atoms with E-state index in [1.807, 2.05) is 0 Å². The fourth-order valence-corrected chi connectivity index (χ4v) is 2.75. The Kier molecular flexibility index (Phi) is 5.12. The third kappa shape index (κ3) is 4.14. The number of pyridine rings is 1. The maximum atomic E-state index is 11.1. The van der Waals surface area contributed by atoms with Crippen LogP contribution in [0.4, 0.5) is 11.5 Å². The predicted molar refractivity (Wildman–Crippen MR) is 83.7 cm³/mol. The van der Waals surface area contributed by atoms with E-state index in [4.69, 9.17) is 0 Å². The van der Waals surface area contributed by atoms with Crippen LogP contribution in [-0.4, -0.2) is 35.6 Å². The molecule has 1 atom stereocenters. The second-order valence-corrected chi connectivity index (χ2v) is 6.18. The summed E-state index contributed by atoms with van der Waals surface area (Å²) in [4.78, 5) is 17.4. The molecule has 0 radical (unpaired) electrons. The van der Waals surface area contributed by atoms with Crippen molar-refractivity contribution in [2.24, 2.45) is 5.92 Å². The van der Waals surface area contributed by atoms with Gasteiger partial charge in [0.1, 0.15) is 5.82 Å². The van der Waals surface area contributed by atoms with Gasteiger partial charge in [0.25, 0.3) is 5.69 Å². The van der Waals surface area contributed by atoms with E-state index in [2.05, 4.69) is 29.0 Å². The Morgan fingerprint density at radius 2 is 2.33 bits per heavy atom. The van der Waals surface area contributed by atoms with E-state index < -0.39 is 0 Å². The lowest BCUT2D eigenvalue weighted by Gasteiger charge is -2.28. The van der Waals surface area contributed by atoms with Gasteiger partial charge >= 0.3 is 0 Å². The second-order valence-electron chi connectivity index (χ2n) is 6.18. The Morgan fingerprint density at radius 3 is 2.90 bits per heavy atom. The van der Waals surface area contributed by atoms with Crippen molar-refractivity contribution >= 4 is 11.5 Å². The molecule has 2 rings (SSSR count). The second kappa shape index (κ2) is 6.85. The molecule has 1 unspecified atom stereocenters. The van der Waals surface area contributed by atoms with Gasteiger partial charge in [-0.2, -0.15) is 0 Å². The highest BCUT2D eigenvalue weighted by molar-refractivity contribution is 5.50. The predicted octanol–water partition coefficient (Wildman–Crippen LogP) is 2.51. The number of hydrogen-bond acceptors (Lipinski definition) is 5. The number of nitrogens with one attached hydrogen (secondary N) is 1. The molecule has 1 N–H and O–H groups in total. The molecule has 6 heteroatoms. The molecule has 1 aliphatic rings. The molecule has 0 bridgehead atoms. The van der Waals surface area contributed by atoms with E-state index in [1.165, 1.54) is 6.42 Å². The highest BCUT2D eigenvalue weighted by atomic mass is 16.6. The molecule has 0 saturated carbocycles. The first kappa shape index (κ1) is 15.7. The molecule has 116 valence electrons. The van der Waals surface area contributed by atoms with E-state index in [1.54, 1.807) is 19.2 Å². The third-order valence-electron chi connectivity index (χ3n) is 3.77. The fraction of sp³-hybridized carbons (Fsp3) is 0.667. The molecule has 6 nitrogen and oxygen atoms in total. The average Bonchev–Trinajstić information content (AvgIpc) is 2.90. The number of nitrogens with zero attached hydrogens (tertiary/aromatic N) is 3. The van der Waals surface area contributed by atoms with Crippen LogP contribution in [0.5, 0.6) is 0 Å².